The zero-order valence-corrected chi connectivity index (χ0v) is 25.7. The Kier molecular flexibility index (Phi) is 7.99. The van der Waals surface area contributed by atoms with Crippen molar-refractivity contribution in [2.75, 3.05) is 0 Å². The molecule has 4 aliphatic rings. The molecule has 0 N–H and O–H groups in total. The van der Waals surface area contributed by atoms with Crippen molar-refractivity contribution >= 4 is 10.1 Å². The van der Waals surface area contributed by atoms with E-state index in [4.69, 9.17) is 4.18 Å². The van der Waals surface area contributed by atoms with Gasteiger partial charge in [0, 0.05) is 0 Å². The monoisotopic (exact) mass is 540 g/mol. The summed E-state index contributed by atoms with van der Waals surface area (Å²) in [5.74, 6) is 4.93. The maximum Gasteiger partial charge on any atom is 0.297 e. The van der Waals surface area contributed by atoms with Crippen LogP contribution in [0.3, 0.4) is 0 Å². The summed E-state index contributed by atoms with van der Waals surface area (Å²) >= 11 is 0. The van der Waals surface area contributed by atoms with Crippen LogP contribution >= 0.6 is 0 Å². The van der Waals surface area contributed by atoms with E-state index in [9.17, 15) is 8.42 Å². The molecular formula is C34H52O3S. The molecule has 4 heteroatoms. The van der Waals surface area contributed by atoms with Crippen molar-refractivity contribution in [2.24, 2.45) is 46.3 Å². The summed E-state index contributed by atoms with van der Waals surface area (Å²) in [6.45, 7) is 14.4. The SMILES string of the molecule is Cc1ccc(S(=O)(=O)O[C@H]2CC[C@@]3(C)C(=CCC4[C@@H]5CC[C@H]([C@H](C)CCCC(C)C)[C@@]5(C)CC[C@@H]43)C2)cc1. The Balaban J connectivity index is 1.27. The van der Waals surface area contributed by atoms with E-state index in [1.807, 2.05) is 19.1 Å². The third-order valence-corrected chi connectivity index (χ3v) is 13.2. The second-order valence-corrected chi connectivity index (χ2v) is 16.1. The van der Waals surface area contributed by atoms with Crippen LogP contribution in [0.15, 0.2) is 40.8 Å². The first kappa shape index (κ1) is 28.4. The summed E-state index contributed by atoms with van der Waals surface area (Å²) in [5.41, 5.74) is 3.24. The molecule has 4 aliphatic carbocycles. The lowest BCUT2D eigenvalue weighted by molar-refractivity contribution is -0.0556. The lowest BCUT2D eigenvalue weighted by atomic mass is 9.47. The van der Waals surface area contributed by atoms with E-state index in [1.165, 1.54) is 56.9 Å². The van der Waals surface area contributed by atoms with E-state index in [-0.39, 0.29) is 16.4 Å². The van der Waals surface area contributed by atoms with Crippen molar-refractivity contribution in [1.29, 1.82) is 0 Å². The van der Waals surface area contributed by atoms with Crippen molar-refractivity contribution in [1.82, 2.24) is 0 Å². The topological polar surface area (TPSA) is 43.4 Å². The van der Waals surface area contributed by atoms with Gasteiger partial charge in [0.05, 0.1) is 11.0 Å². The highest BCUT2D eigenvalue weighted by atomic mass is 32.2. The fourth-order valence-corrected chi connectivity index (χ4v) is 10.8. The Morgan fingerprint density at radius 2 is 1.68 bits per heavy atom. The summed E-state index contributed by atoms with van der Waals surface area (Å²) in [6.07, 6.45) is 15.8. The Morgan fingerprint density at radius 3 is 2.39 bits per heavy atom. The molecule has 0 spiro atoms. The maximum absolute atomic E-state index is 13.0. The van der Waals surface area contributed by atoms with Crippen LogP contribution in [0.5, 0.6) is 0 Å². The average Bonchev–Trinajstić information content (AvgIpc) is 3.21. The number of benzene rings is 1. The number of hydrogen-bond acceptors (Lipinski definition) is 3. The minimum Gasteiger partial charge on any atom is -0.263 e. The first-order chi connectivity index (χ1) is 17.9. The highest BCUT2D eigenvalue weighted by Crippen LogP contribution is 2.67. The van der Waals surface area contributed by atoms with Crippen molar-refractivity contribution in [3.05, 3.63) is 41.5 Å². The van der Waals surface area contributed by atoms with Crippen molar-refractivity contribution in [2.45, 2.75) is 123 Å². The molecular weight excluding hydrogens is 488 g/mol. The molecule has 0 aromatic heterocycles. The zero-order chi connectivity index (χ0) is 27.3. The molecule has 1 aromatic carbocycles. The van der Waals surface area contributed by atoms with Crippen LogP contribution in [0, 0.1) is 53.3 Å². The molecule has 0 bridgehead atoms. The second kappa shape index (κ2) is 10.7. The number of hydrogen-bond donors (Lipinski definition) is 0. The zero-order valence-electron chi connectivity index (χ0n) is 24.8. The van der Waals surface area contributed by atoms with E-state index in [2.05, 4.69) is 40.7 Å². The average molecular weight is 541 g/mol. The number of fused-ring (bicyclic) bond motifs is 5. The van der Waals surface area contributed by atoms with Crippen LogP contribution in [-0.4, -0.2) is 14.5 Å². The Morgan fingerprint density at radius 1 is 0.947 bits per heavy atom. The number of aryl methyl sites for hydroxylation is 1. The molecule has 0 saturated heterocycles. The van der Waals surface area contributed by atoms with Crippen molar-refractivity contribution < 1.29 is 12.6 Å². The Bertz CT molecular complexity index is 1120. The van der Waals surface area contributed by atoms with Gasteiger partial charge in [-0.2, -0.15) is 8.42 Å². The molecule has 3 saturated carbocycles. The normalized spacial score (nSPS) is 37.8. The molecule has 212 valence electrons. The van der Waals surface area contributed by atoms with Crippen LogP contribution in [0.1, 0.15) is 111 Å². The van der Waals surface area contributed by atoms with Gasteiger partial charge in [-0.15, -0.1) is 0 Å². The second-order valence-electron chi connectivity index (χ2n) is 14.5. The predicted octanol–water partition coefficient (Wildman–Crippen LogP) is 9.11. The lowest BCUT2D eigenvalue weighted by Crippen LogP contribution is -2.51. The fraction of sp³-hybridized carbons (Fsp3) is 0.765. The molecule has 3 fully saturated rings. The van der Waals surface area contributed by atoms with E-state index in [1.54, 1.807) is 12.1 Å². The van der Waals surface area contributed by atoms with E-state index >= 15 is 0 Å². The summed E-state index contributed by atoms with van der Waals surface area (Å²) in [4.78, 5) is 0.273. The Hall–Kier alpha value is -1.13. The van der Waals surface area contributed by atoms with Crippen molar-refractivity contribution in [3.63, 3.8) is 0 Å². The quantitative estimate of drug-likeness (QED) is 0.244. The lowest BCUT2D eigenvalue weighted by Gasteiger charge is -2.58. The largest absolute Gasteiger partial charge is 0.297 e. The third kappa shape index (κ3) is 5.18. The summed E-state index contributed by atoms with van der Waals surface area (Å²) in [6, 6.07) is 7.02. The van der Waals surface area contributed by atoms with Crippen LogP contribution in [0.2, 0.25) is 0 Å². The molecule has 3 nitrogen and oxygen atoms in total. The van der Waals surface area contributed by atoms with Crippen LogP contribution in [-0.2, 0) is 14.3 Å². The standard InChI is InChI=1S/C34H52O3S/c1-23(2)8-7-9-25(4)30-16-17-31-29-15-12-26-22-27(37-38(35,36)28-13-10-24(3)11-14-28)18-20-33(26,5)32(29)19-21-34(30,31)6/h10-14,23,25,27,29-32H,7-9,15-22H2,1-6H3/t25-,27+,29?,30-,31+,32+,33+,34-/m1/s1. The summed E-state index contributed by atoms with van der Waals surface area (Å²) in [7, 11) is -3.73. The molecule has 0 aliphatic heterocycles. The van der Waals surface area contributed by atoms with Crippen molar-refractivity contribution in [3.8, 4) is 0 Å². The minimum absolute atomic E-state index is 0.207. The van der Waals surface area contributed by atoms with Crippen LogP contribution in [0.25, 0.3) is 0 Å². The molecule has 0 heterocycles. The van der Waals surface area contributed by atoms with E-state index < -0.39 is 10.1 Å². The highest BCUT2D eigenvalue weighted by Gasteiger charge is 2.59. The number of allylic oxidation sites excluding steroid dienone is 1. The molecule has 8 atom stereocenters. The third-order valence-electron chi connectivity index (χ3n) is 11.8. The summed E-state index contributed by atoms with van der Waals surface area (Å²) < 4.78 is 31.8. The van der Waals surface area contributed by atoms with E-state index in [0.717, 1.165) is 60.3 Å². The molecule has 0 radical (unpaired) electrons. The van der Waals surface area contributed by atoms with E-state index in [0.29, 0.717) is 5.41 Å². The molecule has 1 unspecified atom stereocenters. The maximum atomic E-state index is 13.0. The fourth-order valence-electron chi connectivity index (χ4n) is 9.67. The van der Waals surface area contributed by atoms with Crippen LogP contribution in [0.4, 0.5) is 0 Å². The van der Waals surface area contributed by atoms with Gasteiger partial charge in [-0.05, 0) is 117 Å². The molecule has 38 heavy (non-hydrogen) atoms. The number of rotatable bonds is 8. The predicted molar refractivity (Wildman–Crippen MR) is 156 cm³/mol. The van der Waals surface area contributed by atoms with Gasteiger partial charge in [-0.25, -0.2) is 0 Å². The molecule has 1 aromatic rings. The van der Waals surface area contributed by atoms with Crippen LogP contribution < -0.4 is 0 Å². The Labute approximate surface area is 233 Å². The summed E-state index contributed by atoms with van der Waals surface area (Å²) in [5, 5.41) is 0. The molecule has 0 amide bonds. The van der Waals surface area contributed by atoms with Gasteiger partial charge in [0.25, 0.3) is 10.1 Å². The first-order valence-corrected chi connectivity index (χ1v) is 17.0. The van der Waals surface area contributed by atoms with Gasteiger partial charge in [-0.1, -0.05) is 83.2 Å². The molecule has 5 rings (SSSR count). The van der Waals surface area contributed by atoms with Gasteiger partial charge in [0.15, 0.2) is 0 Å². The van der Waals surface area contributed by atoms with Gasteiger partial charge in [0.1, 0.15) is 0 Å². The minimum atomic E-state index is -3.73. The van der Waals surface area contributed by atoms with Gasteiger partial charge in [0.2, 0.25) is 0 Å². The van der Waals surface area contributed by atoms with Gasteiger partial charge >= 0.3 is 0 Å². The first-order valence-electron chi connectivity index (χ1n) is 15.6. The van der Waals surface area contributed by atoms with Gasteiger partial charge in [-0.3, -0.25) is 4.18 Å². The highest BCUT2D eigenvalue weighted by molar-refractivity contribution is 7.86. The smallest absolute Gasteiger partial charge is 0.263 e. The van der Waals surface area contributed by atoms with Gasteiger partial charge < -0.3 is 0 Å².